The summed E-state index contributed by atoms with van der Waals surface area (Å²) >= 11 is 0. The zero-order valence-corrected chi connectivity index (χ0v) is 9.94. The lowest BCUT2D eigenvalue weighted by Crippen LogP contribution is -2.10. The zero-order valence-electron chi connectivity index (χ0n) is 9.94. The van der Waals surface area contributed by atoms with Gasteiger partial charge in [-0.1, -0.05) is 12.1 Å². The molecule has 1 heterocycles. The number of halogens is 1. The SMILES string of the molecule is CCn1ncnc1CNc1cccc(C)c1F. The van der Waals surface area contributed by atoms with E-state index >= 15 is 0 Å². The van der Waals surface area contributed by atoms with Crippen molar-refractivity contribution < 1.29 is 4.39 Å². The molecule has 2 rings (SSSR count). The number of aromatic nitrogens is 3. The van der Waals surface area contributed by atoms with Gasteiger partial charge in [-0.2, -0.15) is 5.10 Å². The molecule has 0 fully saturated rings. The van der Waals surface area contributed by atoms with Crippen LogP contribution >= 0.6 is 0 Å². The number of nitrogens with one attached hydrogen (secondary N) is 1. The molecule has 0 aliphatic rings. The van der Waals surface area contributed by atoms with E-state index in [9.17, 15) is 4.39 Å². The molecule has 0 atom stereocenters. The fraction of sp³-hybridized carbons (Fsp3) is 0.333. The second kappa shape index (κ2) is 4.95. The van der Waals surface area contributed by atoms with Gasteiger partial charge in [0.1, 0.15) is 18.0 Å². The van der Waals surface area contributed by atoms with E-state index in [4.69, 9.17) is 0 Å². The van der Waals surface area contributed by atoms with Gasteiger partial charge in [0.2, 0.25) is 0 Å². The van der Waals surface area contributed by atoms with Crippen LogP contribution in [0.25, 0.3) is 0 Å². The number of nitrogens with zero attached hydrogens (tertiary/aromatic N) is 3. The van der Waals surface area contributed by atoms with Crippen LogP contribution < -0.4 is 5.32 Å². The zero-order chi connectivity index (χ0) is 12.3. The lowest BCUT2D eigenvalue weighted by molar-refractivity contribution is 0.611. The van der Waals surface area contributed by atoms with Gasteiger partial charge in [0.15, 0.2) is 0 Å². The Morgan fingerprint density at radius 2 is 2.24 bits per heavy atom. The Kier molecular flexibility index (Phi) is 3.37. The van der Waals surface area contributed by atoms with Gasteiger partial charge in [-0.25, -0.2) is 14.1 Å². The van der Waals surface area contributed by atoms with Crippen molar-refractivity contribution in [3.05, 3.63) is 41.7 Å². The normalized spacial score (nSPS) is 10.5. The van der Waals surface area contributed by atoms with Crippen molar-refractivity contribution in [1.29, 1.82) is 0 Å². The quantitative estimate of drug-likeness (QED) is 0.883. The molecular formula is C12H15FN4. The molecule has 1 N–H and O–H groups in total. The third-order valence-electron chi connectivity index (χ3n) is 2.62. The summed E-state index contributed by atoms with van der Waals surface area (Å²) in [5.74, 6) is 0.587. The van der Waals surface area contributed by atoms with Crippen LogP contribution in [0, 0.1) is 12.7 Å². The lowest BCUT2D eigenvalue weighted by atomic mass is 10.2. The molecule has 4 nitrogen and oxygen atoms in total. The highest BCUT2D eigenvalue weighted by molar-refractivity contribution is 5.47. The maximum absolute atomic E-state index is 13.7. The first kappa shape index (κ1) is 11.6. The van der Waals surface area contributed by atoms with Crippen molar-refractivity contribution in [2.24, 2.45) is 0 Å². The van der Waals surface area contributed by atoms with E-state index in [0.717, 1.165) is 12.4 Å². The molecular weight excluding hydrogens is 219 g/mol. The Bertz CT molecular complexity index is 507. The summed E-state index contributed by atoms with van der Waals surface area (Å²) in [5.41, 5.74) is 1.13. The number of hydrogen-bond donors (Lipinski definition) is 1. The lowest BCUT2D eigenvalue weighted by Gasteiger charge is -2.09. The van der Waals surface area contributed by atoms with Crippen LogP contribution in [0.3, 0.4) is 0 Å². The third kappa shape index (κ3) is 2.43. The van der Waals surface area contributed by atoms with E-state index in [-0.39, 0.29) is 5.82 Å². The monoisotopic (exact) mass is 234 g/mol. The van der Waals surface area contributed by atoms with Gasteiger partial charge in [0, 0.05) is 6.54 Å². The topological polar surface area (TPSA) is 42.7 Å². The molecule has 0 unspecified atom stereocenters. The van der Waals surface area contributed by atoms with Crippen molar-refractivity contribution in [3.8, 4) is 0 Å². The standard InChI is InChI=1S/C12H15FN4/c1-3-17-11(15-8-16-17)7-14-10-6-4-5-9(2)12(10)13/h4-6,8,14H,3,7H2,1-2H3. The Morgan fingerprint density at radius 1 is 1.41 bits per heavy atom. The first-order valence-corrected chi connectivity index (χ1v) is 5.58. The van der Waals surface area contributed by atoms with Crippen LogP contribution in [-0.4, -0.2) is 14.8 Å². The van der Waals surface area contributed by atoms with Gasteiger partial charge < -0.3 is 5.32 Å². The summed E-state index contributed by atoms with van der Waals surface area (Å²) in [6.45, 7) is 4.96. The van der Waals surface area contributed by atoms with E-state index in [0.29, 0.717) is 17.8 Å². The van der Waals surface area contributed by atoms with Crippen LogP contribution in [0.15, 0.2) is 24.5 Å². The molecule has 0 saturated heterocycles. The Morgan fingerprint density at radius 3 is 3.00 bits per heavy atom. The average molecular weight is 234 g/mol. The molecule has 1 aromatic heterocycles. The van der Waals surface area contributed by atoms with Gasteiger partial charge in [0.25, 0.3) is 0 Å². The minimum absolute atomic E-state index is 0.213. The second-order valence-electron chi connectivity index (χ2n) is 3.78. The van der Waals surface area contributed by atoms with E-state index in [1.165, 1.54) is 6.33 Å². The molecule has 0 bridgehead atoms. The van der Waals surface area contributed by atoms with Gasteiger partial charge in [-0.3, -0.25) is 0 Å². The average Bonchev–Trinajstić information content (AvgIpc) is 2.78. The highest BCUT2D eigenvalue weighted by atomic mass is 19.1. The summed E-state index contributed by atoms with van der Waals surface area (Å²) in [6.07, 6.45) is 1.51. The van der Waals surface area contributed by atoms with E-state index in [1.54, 1.807) is 23.7 Å². The molecule has 90 valence electrons. The molecule has 0 aliphatic heterocycles. The molecule has 0 radical (unpaired) electrons. The molecule has 5 heteroatoms. The van der Waals surface area contributed by atoms with Gasteiger partial charge in [-0.05, 0) is 25.5 Å². The van der Waals surface area contributed by atoms with Gasteiger partial charge >= 0.3 is 0 Å². The molecule has 0 spiro atoms. The molecule has 0 saturated carbocycles. The fourth-order valence-electron chi connectivity index (χ4n) is 1.65. The summed E-state index contributed by atoms with van der Waals surface area (Å²) in [6, 6.07) is 5.29. The van der Waals surface area contributed by atoms with Gasteiger partial charge in [-0.15, -0.1) is 0 Å². The fourth-order valence-corrected chi connectivity index (χ4v) is 1.65. The number of hydrogen-bond acceptors (Lipinski definition) is 3. The van der Waals surface area contributed by atoms with E-state index in [2.05, 4.69) is 15.4 Å². The van der Waals surface area contributed by atoms with Crippen molar-refractivity contribution in [2.75, 3.05) is 5.32 Å². The van der Waals surface area contributed by atoms with Gasteiger partial charge in [0.05, 0.1) is 12.2 Å². The molecule has 1 aromatic carbocycles. The van der Waals surface area contributed by atoms with Crippen molar-refractivity contribution in [1.82, 2.24) is 14.8 Å². The van der Waals surface area contributed by atoms with Crippen molar-refractivity contribution >= 4 is 5.69 Å². The predicted octanol–water partition coefficient (Wildman–Crippen LogP) is 2.36. The van der Waals surface area contributed by atoms with Crippen LogP contribution in [-0.2, 0) is 13.1 Å². The maximum atomic E-state index is 13.7. The summed E-state index contributed by atoms with van der Waals surface area (Å²) in [5, 5.41) is 7.09. The smallest absolute Gasteiger partial charge is 0.149 e. The molecule has 2 aromatic rings. The molecule has 0 amide bonds. The van der Waals surface area contributed by atoms with Crippen molar-refractivity contribution in [3.63, 3.8) is 0 Å². The Hall–Kier alpha value is -1.91. The van der Waals surface area contributed by atoms with E-state index < -0.39 is 0 Å². The largest absolute Gasteiger partial charge is 0.375 e. The minimum Gasteiger partial charge on any atom is -0.375 e. The molecule has 17 heavy (non-hydrogen) atoms. The van der Waals surface area contributed by atoms with Crippen molar-refractivity contribution in [2.45, 2.75) is 26.9 Å². The van der Waals surface area contributed by atoms with Crippen LogP contribution in [0.4, 0.5) is 10.1 Å². The number of aryl methyl sites for hydroxylation is 2. The number of anilines is 1. The minimum atomic E-state index is -0.213. The number of rotatable bonds is 4. The summed E-state index contributed by atoms with van der Waals surface area (Å²) in [7, 11) is 0. The van der Waals surface area contributed by atoms with Crippen LogP contribution in [0.5, 0.6) is 0 Å². The third-order valence-corrected chi connectivity index (χ3v) is 2.62. The second-order valence-corrected chi connectivity index (χ2v) is 3.78. The highest BCUT2D eigenvalue weighted by Gasteiger charge is 2.06. The summed E-state index contributed by atoms with van der Waals surface area (Å²) in [4.78, 5) is 4.12. The highest BCUT2D eigenvalue weighted by Crippen LogP contribution is 2.17. The van der Waals surface area contributed by atoms with Crippen LogP contribution in [0.2, 0.25) is 0 Å². The molecule has 0 aliphatic carbocycles. The van der Waals surface area contributed by atoms with E-state index in [1.807, 2.05) is 13.0 Å². The van der Waals surface area contributed by atoms with Crippen LogP contribution in [0.1, 0.15) is 18.3 Å². The maximum Gasteiger partial charge on any atom is 0.149 e. The number of benzene rings is 1. The first-order valence-electron chi connectivity index (χ1n) is 5.58. The predicted molar refractivity (Wildman–Crippen MR) is 64.2 cm³/mol. The Balaban J connectivity index is 2.10. The first-order chi connectivity index (χ1) is 8.22. The Labute approximate surface area is 99.5 Å². The summed E-state index contributed by atoms with van der Waals surface area (Å²) < 4.78 is 15.5.